The Morgan fingerprint density at radius 1 is 1.29 bits per heavy atom. The minimum absolute atomic E-state index is 0.0913. The van der Waals surface area contributed by atoms with E-state index in [2.05, 4.69) is 33.4 Å². The van der Waals surface area contributed by atoms with Crippen LogP contribution in [0.25, 0.3) is 0 Å². The number of aryl methyl sites for hydroxylation is 2. The Morgan fingerprint density at radius 3 is 2.53 bits per heavy atom. The summed E-state index contributed by atoms with van der Waals surface area (Å²) in [4.78, 5) is 12.8. The average Bonchev–Trinajstić information content (AvgIpc) is 3.12. The van der Waals surface area contributed by atoms with Crippen LogP contribution < -0.4 is 5.73 Å². The number of rotatable bonds is 8. The smallest absolute Gasteiger partial charge is 0.405 e. The van der Waals surface area contributed by atoms with Gasteiger partial charge in [0.2, 0.25) is 15.9 Å². The number of hydrogen-bond acceptors (Lipinski definition) is 5. The molecule has 3 saturated carbocycles. The first-order chi connectivity index (χ1) is 15.7. The van der Waals surface area contributed by atoms with Gasteiger partial charge in [-0.1, -0.05) is 38.6 Å². The van der Waals surface area contributed by atoms with Crippen LogP contribution in [0.4, 0.5) is 0 Å². The predicted octanol–water partition coefficient (Wildman–Crippen LogP) is 3.20. The van der Waals surface area contributed by atoms with Crippen molar-refractivity contribution < 1.29 is 22.5 Å². The van der Waals surface area contributed by atoms with Crippen LogP contribution in [0, 0.1) is 31.1 Å². The first-order valence-corrected chi connectivity index (χ1v) is 13.5. The minimum Gasteiger partial charge on any atom is -0.405 e. The first-order valence-electron chi connectivity index (χ1n) is 12.0. The van der Waals surface area contributed by atoms with Crippen molar-refractivity contribution in [3.63, 3.8) is 0 Å². The van der Waals surface area contributed by atoms with E-state index in [4.69, 9.17) is 15.0 Å². The first kappa shape index (κ1) is 25.4. The van der Waals surface area contributed by atoms with Crippen molar-refractivity contribution in [1.82, 2.24) is 4.31 Å². The molecule has 4 fully saturated rings. The Morgan fingerprint density at radius 2 is 1.97 bits per heavy atom. The van der Waals surface area contributed by atoms with Crippen LogP contribution in [0.2, 0.25) is 5.82 Å². The largest absolute Gasteiger partial charge is 0.463 e. The van der Waals surface area contributed by atoms with Crippen LogP contribution in [-0.4, -0.2) is 50.5 Å². The van der Waals surface area contributed by atoms with Gasteiger partial charge < -0.3 is 15.0 Å². The van der Waals surface area contributed by atoms with Gasteiger partial charge in [0.1, 0.15) is 6.04 Å². The van der Waals surface area contributed by atoms with Gasteiger partial charge in [0, 0.05) is 18.3 Å². The number of likely N-dealkylation sites (N-methyl/N-ethyl adjacent to an activating group) is 1. The zero-order valence-corrected chi connectivity index (χ0v) is 21.9. The Balaban J connectivity index is 1.72. The van der Waals surface area contributed by atoms with Crippen LogP contribution in [-0.2, 0) is 30.5 Å². The molecule has 186 valence electrons. The second-order valence-corrected chi connectivity index (χ2v) is 13.1. The average molecular weight is 488 g/mol. The highest BCUT2D eigenvalue weighted by Crippen LogP contribution is 2.66. The molecule has 4 aliphatic rings. The second-order valence-electron chi connectivity index (χ2n) is 11.2. The van der Waals surface area contributed by atoms with E-state index in [9.17, 15) is 13.2 Å². The summed E-state index contributed by atoms with van der Waals surface area (Å²) in [5.41, 5.74) is 8.77. The SMILES string of the molecule is C=CS(=O)(=O)N(C)C(C(N)=O)[C@@H](Cc1ccc(C)c(C)c1)B1O[C@@H]2C[C@@H]3C[C@@H](C3(C)C)[C@]2(C)O1. The maximum absolute atomic E-state index is 12.8. The lowest BCUT2D eigenvalue weighted by atomic mass is 9.43. The highest BCUT2D eigenvalue weighted by molar-refractivity contribution is 7.92. The molecule has 0 aromatic heterocycles. The Labute approximate surface area is 204 Å². The standard InChI is InChI=1S/C25H37BN2O5S/c1-8-34(30,31)28(7)22(23(27)29)19(12-17-10-9-15(2)16(3)11-17)26-32-21-14-18-13-20(24(18,4)5)25(21,6)33-26/h8-11,18-22H,1,12-14H2,2-7H3,(H2,27,29)/t18-,19+,20-,21+,22?,25-/m0/s1. The van der Waals surface area contributed by atoms with E-state index in [0.29, 0.717) is 18.3 Å². The van der Waals surface area contributed by atoms with Crippen molar-refractivity contribution in [2.24, 2.45) is 23.0 Å². The summed E-state index contributed by atoms with van der Waals surface area (Å²) in [5, 5.41) is 0.838. The van der Waals surface area contributed by atoms with Crippen molar-refractivity contribution in [2.75, 3.05) is 7.05 Å². The number of sulfonamides is 1. The number of nitrogens with zero attached hydrogens (tertiary/aromatic N) is 1. The van der Waals surface area contributed by atoms with Crippen molar-refractivity contribution in [1.29, 1.82) is 0 Å². The number of benzene rings is 1. The molecule has 1 aliphatic heterocycles. The summed E-state index contributed by atoms with van der Waals surface area (Å²) in [7, 11) is -3.29. The number of nitrogens with two attached hydrogens (primary N) is 1. The molecule has 1 aromatic carbocycles. The molecule has 1 amide bonds. The fourth-order valence-electron chi connectivity index (χ4n) is 6.58. The van der Waals surface area contributed by atoms with Crippen LogP contribution in [0.1, 0.15) is 50.3 Å². The molecule has 7 nitrogen and oxygen atoms in total. The van der Waals surface area contributed by atoms with Crippen molar-refractivity contribution in [3.8, 4) is 0 Å². The number of primary amides is 1. The topological polar surface area (TPSA) is 98.9 Å². The molecule has 3 aliphatic carbocycles. The summed E-state index contributed by atoms with van der Waals surface area (Å²) in [6, 6.07) is 4.94. The zero-order valence-electron chi connectivity index (χ0n) is 21.1. The van der Waals surface area contributed by atoms with Crippen molar-refractivity contribution in [2.45, 2.75) is 77.4 Å². The van der Waals surface area contributed by atoms with Gasteiger partial charge in [-0.2, -0.15) is 4.31 Å². The van der Waals surface area contributed by atoms with E-state index in [-0.39, 0.29) is 11.5 Å². The van der Waals surface area contributed by atoms with E-state index >= 15 is 0 Å². The Kier molecular flexibility index (Phi) is 6.33. The van der Waals surface area contributed by atoms with Gasteiger partial charge in [-0.05, 0) is 74.0 Å². The molecule has 34 heavy (non-hydrogen) atoms. The molecule has 1 unspecified atom stereocenters. The van der Waals surface area contributed by atoms with E-state index in [0.717, 1.165) is 39.2 Å². The molecule has 9 heteroatoms. The van der Waals surface area contributed by atoms with E-state index in [1.807, 2.05) is 26.0 Å². The van der Waals surface area contributed by atoms with Crippen molar-refractivity contribution >= 4 is 23.0 Å². The molecule has 1 saturated heterocycles. The third kappa shape index (κ3) is 3.94. The molecule has 5 rings (SSSR count). The molecule has 1 heterocycles. The molecular weight excluding hydrogens is 451 g/mol. The number of amides is 1. The highest BCUT2D eigenvalue weighted by atomic mass is 32.2. The minimum atomic E-state index is -3.90. The van der Waals surface area contributed by atoms with Crippen LogP contribution in [0.15, 0.2) is 30.2 Å². The monoisotopic (exact) mass is 488 g/mol. The Bertz CT molecular complexity index is 1110. The van der Waals surface area contributed by atoms with Gasteiger partial charge in [0.05, 0.1) is 11.7 Å². The third-order valence-electron chi connectivity index (χ3n) is 9.06. The fourth-order valence-corrected chi connectivity index (χ4v) is 7.39. The number of hydrogen-bond donors (Lipinski definition) is 1. The predicted molar refractivity (Wildman–Crippen MR) is 133 cm³/mol. The Hall–Kier alpha value is -1.68. The van der Waals surface area contributed by atoms with Crippen LogP contribution >= 0.6 is 0 Å². The van der Waals surface area contributed by atoms with Crippen molar-refractivity contribution in [3.05, 3.63) is 46.9 Å². The van der Waals surface area contributed by atoms with Gasteiger partial charge in [0.25, 0.3) is 0 Å². The summed E-state index contributed by atoms with van der Waals surface area (Å²) in [5.74, 6) is -0.440. The second kappa shape index (κ2) is 8.47. The molecule has 0 spiro atoms. The molecule has 2 N–H and O–H groups in total. The summed E-state index contributed by atoms with van der Waals surface area (Å²) in [6.07, 6.45) is 2.29. The lowest BCUT2D eigenvalue weighted by Gasteiger charge is -2.64. The molecular formula is C25H37BN2O5S. The molecule has 6 atom stereocenters. The highest BCUT2D eigenvalue weighted by Gasteiger charge is 2.69. The normalized spacial score (nSPS) is 31.5. The lowest BCUT2D eigenvalue weighted by Crippen LogP contribution is -2.65. The van der Waals surface area contributed by atoms with Crippen LogP contribution in [0.3, 0.4) is 0 Å². The van der Waals surface area contributed by atoms with Gasteiger partial charge in [-0.15, -0.1) is 0 Å². The number of carbonyl (C=O) groups excluding carboxylic acids is 1. The molecule has 1 aromatic rings. The quantitative estimate of drug-likeness (QED) is 0.567. The van der Waals surface area contributed by atoms with Gasteiger partial charge in [-0.3, -0.25) is 4.79 Å². The maximum atomic E-state index is 12.8. The summed E-state index contributed by atoms with van der Waals surface area (Å²) in [6.45, 7) is 14.2. The maximum Gasteiger partial charge on any atom is 0.463 e. The number of carbonyl (C=O) groups is 1. The van der Waals surface area contributed by atoms with Gasteiger partial charge in [0.15, 0.2) is 0 Å². The van der Waals surface area contributed by atoms with E-state index < -0.39 is 40.5 Å². The fraction of sp³-hybridized carbons (Fsp3) is 0.640. The van der Waals surface area contributed by atoms with Gasteiger partial charge in [-0.25, -0.2) is 8.42 Å². The van der Waals surface area contributed by atoms with Gasteiger partial charge >= 0.3 is 7.12 Å². The summed E-state index contributed by atoms with van der Waals surface area (Å²) >= 11 is 0. The lowest BCUT2D eigenvalue weighted by molar-refractivity contribution is -0.199. The summed E-state index contributed by atoms with van der Waals surface area (Å²) < 4.78 is 39.6. The van der Waals surface area contributed by atoms with E-state index in [1.165, 1.54) is 7.05 Å². The van der Waals surface area contributed by atoms with E-state index in [1.54, 1.807) is 0 Å². The van der Waals surface area contributed by atoms with Crippen LogP contribution in [0.5, 0.6) is 0 Å². The molecule has 0 radical (unpaired) electrons. The molecule has 2 bridgehead atoms. The third-order valence-corrected chi connectivity index (χ3v) is 10.5. The zero-order chi connectivity index (χ0) is 25.2.